The molecular weight excluding hydrogens is 332 g/mol. The van der Waals surface area contributed by atoms with Gasteiger partial charge in [-0.05, 0) is 26.2 Å². The minimum atomic E-state index is -0.892. The maximum atomic E-state index is 12.0. The second-order valence-electron chi connectivity index (χ2n) is 6.21. The zero-order valence-electron chi connectivity index (χ0n) is 17.2. The fourth-order valence-electron chi connectivity index (χ4n) is 2.70. The van der Waals surface area contributed by atoms with Gasteiger partial charge < -0.3 is 31.1 Å². The number of hydrogen-bond acceptors (Lipinski definition) is 6. The van der Waals surface area contributed by atoms with E-state index in [1.165, 1.54) is 4.90 Å². The highest BCUT2D eigenvalue weighted by Crippen LogP contribution is 1.90. The third-order valence-corrected chi connectivity index (χ3v) is 4.61. The van der Waals surface area contributed by atoms with E-state index in [-0.39, 0.29) is 0 Å². The van der Waals surface area contributed by atoms with Gasteiger partial charge in [0.2, 0.25) is 0 Å². The SMILES string of the molecule is CCN(CC)CCNCCN(CCNCCN(CC)CC)C(=O)C(N)=O. The highest BCUT2D eigenvalue weighted by Gasteiger charge is 2.18. The van der Waals surface area contributed by atoms with Gasteiger partial charge in [-0.1, -0.05) is 27.7 Å². The molecule has 0 aromatic heterocycles. The normalized spacial score (nSPS) is 11.3. The molecular formula is C18H40N6O2. The Bertz CT molecular complexity index is 351. The summed E-state index contributed by atoms with van der Waals surface area (Å²) < 4.78 is 0. The first-order chi connectivity index (χ1) is 12.5. The van der Waals surface area contributed by atoms with Crippen molar-refractivity contribution in [3.63, 3.8) is 0 Å². The van der Waals surface area contributed by atoms with Crippen LogP contribution in [0, 0.1) is 0 Å². The Hall–Kier alpha value is -1.22. The minimum Gasteiger partial charge on any atom is -0.361 e. The molecule has 154 valence electrons. The van der Waals surface area contributed by atoms with E-state index in [1.807, 2.05) is 0 Å². The minimum absolute atomic E-state index is 0.484. The van der Waals surface area contributed by atoms with Gasteiger partial charge in [0.25, 0.3) is 0 Å². The van der Waals surface area contributed by atoms with Gasteiger partial charge in [-0.15, -0.1) is 0 Å². The summed E-state index contributed by atoms with van der Waals surface area (Å²) in [6, 6.07) is 0. The van der Waals surface area contributed by atoms with Crippen molar-refractivity contribution in [1.82, 2.24) is 25.3 Å². The van der Waals surface area contributed by atoms with E-state index >= 15 is 0 Å². The van der Waals surface area contributed by atoms with Crippen LogP contribution in [0.15, 0.2) is 0 Å². The highest BCUT2D eigenvalue weighted by atomic mass is 16.2. The third kappa shape index (κ3) is 11.4. The molecule has 0 rings (SSSR count). The van der Waals surface area contributed by atoms with Crippen LogP contribution in [0.5, 0.6) is 0 Å². The van der Waals surface area contributed by atoms with Crippen molar-refractivity contribution >= 4 is 11.8 Å². The van der Waals surface area contributed by atoms with Crippen LogP contribution in [-0.2, 0) is 9.59 Å². The summed E-state index contributed by atoms with van der Waals surface area (Å²) in [5, 5.41) is 6.65. The second-order valence-corrected chi connectivity index (χ2v) is 6.21. The van der Waals surface area contributed by atoms with E-state index in [1.54, 1.807) is 0 Å². The van der Waals surface area contributed by atoms with Gasteiger partial charge in [-0.2, -0.15) is 0 Å². The van der Waals surface area contributed by atoms with Crippen molar-refractivity contribution in [1.29, 1.82) is 0 Å². The molecule has 0 aromatic rings. The average Bonchev–Trinajstić information content (AvgIpc) is 2.65. The van der Waals surface area contributed by atoms with Crippen molar-refractivity contribution in [3.05, 3.63) is 0 Å². The van der Waals surface area contributed by atoms with Crippen LogP contribution in [0.1, 0.15) is 27.7 Å². The van der Waals surface area contributed by atoms with E-state index in [0.717, 1.165) is 52.4 Å². The monoisotopic (exact) mass is 372 g/mol. The quantitative estimate of drug-likeness (QED) is 0.242. The first-order valence-electron chi connectivity index (χ1n) is 9.94. The molecule has 0 spiro atoms. The van der Waals surface area contributed by atoms with Crippen LogP contribution >= 0.6 is 0 Å². The number of amides is 2. The molecule has 0 bridgehead atoms. The summed E-state index contributed by atoms with van der Waals surface area (Å²) in [5.74, 6) is -1.50. The summed E-state index contributed by atoms with van der Waals surface area (Å²) in [6.45, 7) is 18.6. The first-order valence-corrected chi connectivity index (χ1v) is 9.94. The standard InChI is InChI=1S/C18H40N6O2/c1-5-22(6-2)13-9-20-11-15-24(18(26)17(19)25)16-12-21-10-14-23(7-3)8-4/h20-21H,5-16H2,1-4H3,(H2,19,25). The van der Waals surface area contributed by atoms with Crippen molar-refractivity contribution in [3.8, 4) is 0 Å². The van der Waals surface area contributed by atoms with Gasteiger partial charge >= 0.3 is 11.8 Å². The van der Waals surface area contributed by atoms with E-state index in [2.05, 4.69) is 48.1 Å². The highest BCUT2D eigenvalue weighted by molar-refractivity contribution is 6.34. The molecule has 4 N–H and O–H groups in total. The molecule has 8 nitrogen and oxygen atoms in total. The number of nitrogens with two attached hydrogens (primary N) is 1. The number of primary amides is 1. The zero-order chi connectivity index (χ0) is 19.8. The molecule has 0 aliphatic carbocycles. The van der Waals surface area contributed by atoms with Crippen LogP contribution in [0.25, 0.3) is 0 Å². The van der Waals surface area contributed by atoms with Gasteiger partial charge in [-0.25, -0.2) is 0 Å². The molecule has 0 aliphatic heterocycles. The summed E-state index contributed by atoms with van der Waals surface area (Å²) in [7, 11) is 0. The number of hydrogen-bond donors (Lipinski definition) is 3. The van der Waals surface area contributed by atoms with Crippen molar-refractivity contribution in [2.45, 2.75) is 27.7 Å². The van der Waals surface area contributed by atoms with Gasteiger partial charge in [0.05, 0.1) is 0 Å². The lowest BCUT2D eigenvalue weighted by molar-refractivity contribution is -0.144. The maximum Gasteiger partial charge on any atom is 0.311 e. The number of carbonyl (C=O) groups is 2. The first kappa shape index (κ1) is 24.8. The van der Waals surface area contributed by atoms with Crippen molar-refractivity contribution < 1.29 is 9.59 Å². The number of nitrogens with zero attached hydrogens (tertiary/aromatic N) is 3. The summed E-state index contributed by atoms with van der Waals surface area (Å²) in [6.07, 6.45) is 0. The van der Waals surface area contributed by atoms with E-state index in [0.29, 0.717) is 26.2 Å². The fraction of sp³-hybridized carbons (Fsp3) is 0.889. The van der Waals surface area contributed by atoms with Crippen LogP contribution in [0.3, 0.4) is 0 Å². The van der Waals surface area contributed by atoms with Crippen LogP contribution in [-0.4, -0.2) is 105 Å². The van der Waals surface area contributed by atoms with Crippen LogP contribution in [0.2, 0.25) is 0 Å². The molecule has 0 unspecified atom stereocenters. The molecule has 0 aliphatic rings. The molecule has 0 saturated carbocycles. The van der Waals surface area contributed by atoms with Gasteiger partial charge in [0.1, 0.15) is 0 Å². The fourth-order valence-corrected chi connectivity index (χ4v) is 2.70. The summed E-state index contributed by atoms with van der Waals surface area (Å²) >= 11 is 0. The summed E-state index contributed by atoms with van der Waals surface area (Å²) in [4.78, 5) is 29.4. The Kier molecular flexibility index (Phi) is 15.2. The second kappa shape index (κ2) is 16.0. The topological polar surface area (TPSA) is 93.9 Å². The number of rotatable bonds is 16. The molecule has 8 heteroatoms. The Morgan fingerprint density at radius 1 is 0.692 bits per heavy atom. The van der Waals surface area contributed by atoms with Gasteiger partial charge in [-0.3, -0.25) is 9.59 Å². The molecule has 2 amide bonds. The molecule has 0 heterocycles. The molecule has 0 saturated heterocycles. The number of nitrogens with one attached hydrogen (secondary N) is 2. The Morgan fingerprint density at radius 3 is 1.35 bits per heavy atom. The van der Waals surface area contributed by atoms with Crippen LogP contribution < -0.4 is 16.4 Å². The zero-order valence-corrected chi connectivity index (χ0v) is 17.2. The number of likely N-dealkylation sites (N-methyl/N-ethyl adjacent to an activating group) is 2. The maximum absolute atomic E-state index is 12.0. The van der Waals surface area contributed by atoms with Gasteiger partial charge in [0.15, 0.2) is 0 Å². The number of carbonyl (C=O) groups excluding carboxylic acids is 2. The predicted octanol–water partition coefficient (Wildman–Crippen LogP) is -0.837. The predicted molar refractivity (Wildman–Crippen MR) is 107 cm³/mol. The van der Waals surface area contributed by atoms with E-state index in [9.17, 15) is 9.59 Å². The Balaban J connectivity index is 4.10. The lowest BCUT2D eigenvalue weighted by atomic mass is 10.4. The molecule has 0 aromatic carbocycles. The Morgan fingerprint density at radius 2 is 1.04 bits per heavy atom. The average molecular weight is 373 g/mol. The largest absolute Gasteiger partial charge is 0.361 e. The molecule has 0 fully saturated rings. The van der Waals surface area contributed by atoms with Crippen molar-refractivity contribution in [2.75, 3.05) is 78.5 Å². The molecule has 0 atom stereocenters. The van der Waals surface area contributed by atoms with E-state index in [4.69, 9.17) is 5.73 Å². The van der Waals surface area contributed by atoms with Crippen molar-refractivity contribution in [2.24, 2.45) is 5.73 Å². The lowest BCUT2D eigenvalue weighted by Crippen LogP contribution is -2.47. The summed E-state index contributed by atoms with van der Waals surface area (Å²) in [5.41, 5.74) is 5.16. The lowest BCUT2D eigenvalue weighted by Gasteiger charge is -2.23. The smallest absolute Gasteiger partial charge is 0.311 e. The van der Waals surface area contributed by atoms with Gasteiger partial charge in [0, 0.05) is 52.4 Å². The van der Waals surface area contributed by atoms with Crippen LogP contribution in [0.4, 0.5) is 0 Å². The van der Waals surface area contributed by atoms with E-state index < -0.39 is 11.8 Å². The Labute approximate surface area is 159 Å². The molecule has 26 heavy (non-hydrogen) atoms. The molecule has 0 radical (unpaired) electrons. The third-order valence-electron chi connectivity index (χ3n) is 4.61.